The minimum atomic E-state index is -0.813. The Morgan fingerprint density at radius 3 is 2.27 bits per heavy atom. The van der Waals surface area contributed by atoms with E-state index in [2.05, 4.69) is 4.89 Å². The minimum Gasteiger partial charge on any atom is -0.296 e. The lowest BCUT2D eigenvalue weighted by Gasteiger charge is -1.95. The lowest BCUT2D eigenvalue weighted by Crippen LogP contribution is -2.00. The van der Waals surface area contributed by atoms with Crippen molar-refractivity contribution in [2.24, 2.45) is 0 Å². The van der Waals surface area contributed by atoms with Crippen LogP contribution in [0.15, 0.2) is 24.3 Å². The maximum Gasteiger partial charge on any atom is 0.372 e. The highest BCUT2D eigenvalue weighted by atomic mass is 35.6. The first kappa shape index (κ1) is 14.8. The first-order chi connectivity index (χ1) is 6.97. The largest absolute Gasteiger partial charge is 0.372 e. The van der Waals surface area contributed by atoms with Crippen LogP contribution < -0.4 is 0 Å². The summed E-state index contributed by atoms with van der Waals surface area (Å²) < 4.78 is -0.750. The number of carbonyl (C=O) groups is 1. The lowest BCUT2D eigenvalue weighted by molar-refractivity contribution is -0.182. The van der Waals surface area contributed by atoms with Crippen molar-refractivity contribution in [2.45, 2.75) is 4.30 Å². The highest BCUT2D eigenvalue weighted by Gasteiger charge is 2.05. The molecule has 0 saturated carbocycles. The van der Waals surface area contributed by atoms with E-state index >= 15 is 0 Å². The second-order valence-corrected chi connectivity index (χ2v) is 4.55. The van der Waals surface area contributed by atoms with E-state index in [1.807, 2.05) is 0 Å². The molecule has 0 atom stereocenters. The Hall–Kier alpha value is -0.190. The van der Waals surface area contributed by atoms with Crippen LogP contribution in [-0.2, 0) is 4.89 Å². The molecule has 0 radical (unpaired) electrons. The molecule has 0 saturated heterocycles. The van der Waals surface area contributed by atoms with Crippen LogP contribution in [0.3, 0.4) is 0 Å². The summed E-state index contributed by atoms with van der Waals surface area (Å²) in [5, 5.41) is 8.41. The molecule has 0 aliphatic carbocycles. The first-order valence-electron chi connectivity index (χ1n) is 3.51. The predicted molar refractivity (Wildman–Crippen MR) is 60.8 cm³/mol. The molecule has 0 fully saturated rings. The fourth-order valence-corrected chi connectivity index (χ4v) is 0.858. The third-order valence-electron chi connectivity index (χ3n) is 1.14. The van der Waals surface area contributed by atoms with Crippen LogP contribution in [0.1, 0.15) is 10.4 Å². The van der Waals surface area contributed by atoms with Crippen LogP contribution >= 0.6 is 46.4 Å². The zero-order chi connectivity index (χ0) is 11.8. The van der Waals surface area contributed by atoms with Gasteiger partial charge in [0.25, 0.3) is 0 Å². The highest BCUT2D eigenvalue weighted by molar-refractivity contribution is 6.63. The normalized spacial score (nSPS) is 9.20. The SMILES string of the molecule is ClC(Cl)Cl.O=C(OO)c1cccc(Cl)c1. The molecule has 0 unspecified atom stereocenters. The second-order valence-electron chi connectivity index (χ2n) is 2.14. The van der Waals surface area contributed by atoms with Crippen LogP contribution in [0.5, 0.6) is 0 Å². The summed E-state index contributed by atoms with van der Waals surface area (Å²) in [4.78, 5) is 14.1. The topological polar surface area (TPSA) is 46.5 Å². The van der Waals surface area contributed by atoms with E-state index in [4.69, 9.17) is 51.7 Å². The number of carbonyl (C=O) groups excluding carboxylic acids is 1. The van der Waals surface area contributed by atoms with Crippen molar-refractivity contribution in [1.29, 1.82) is 0 Å². The van der Waals surface area contributed by atoms with Gasteiger partial charge in [0.1, 0.15) is 0 Å². The quantitative estimate of drug-likeness (QED) is 0.484. The molecule has 0 bridgehead atoms. The molecule has 0 amide bonds. The molecule has 84 valence electrons. The molecule has 1 aromatic rings. The maximum atomic E-state index is 10.6. The molecule has 0 heterocycles. The lowest BCUT2D eigenvalue weighted by atomic mass is 10.2. The van der Waals surface area contributed by atoms with E-state index in [0.717, 1.165) is 0 Å². The van der Waals surface area contributed by atoms with E-state index in [1.54, 1.807) is 12.1 Å². The number of alkyl halides is 3. The molecule has 1 aromatic carbocycles. The molecule has 0 aromatic heterocycles. The van der Waals surface area contributed by atoms with Crippen LogP contribution in [0.4, 0.5) is 0 Å². The van der Waals surface area contributed by atoms with Crippen LogP contribution in [0, 0.1) is 0 Å². The Bertz CT molecular complexity index is 314. The van der Waals surface area contributed by atoms with Gasteiger partial charge in [0.15, 0.2) is 4.30 Å². The van der Waals surface area contributed by atoms with Crippen molar-refractivity contribution in [3.63, 3.8) is 0 Å². The summed E-state index contributed by atoms with van der Waals surface area (Å²) in [5.74, 6) is -0.813. The van der Waals surface area contributed by atoms with Gasteiger partial charge < -0.3 is 0 Å². The van der Waals surface area contributed by atoms with Crippen molar-refractivity contribution >= 4 is 52.4 Å². The molecule has 1 N–H and O–H groups in total. The van der Waals surface area contributed by atoms with Crippen LogP contribution in [0.2, 0.25) is 5.02 Å². The molecule has 0 aliphatic heterocycles. The third-order valence-corrected chi connectivity index (χ3v) is 1.38. The van der Waals surface area contributed by atoms with Gasteiger partial charge in [-0.25, -0.2) is 4.79 Å². The van der Waals surface area contributed by atoms with E-state index in [9.17, 15) is 4.79 Å². The Morgan fingerprint density at radius 2 is 1.87 bits per heavy atom. The van der Waals surface area contributed by atoms with Crippen molar-refractivity contribution in [3.05, 3.63) is 34.9 Å². The van der Waals surface area contributed by atoms with Crippen molar-refractivity contribution in [3.8, 4) is 0 Å². The molecular formula is C8H6Cl4O3. The fraction of sp³-hybridized carbons (Fsp3) is 0.125. The second kappa shape index (κ2) is 8.02. The number of halogens is 4. The summed E-state index contributed by atoms with van der Waals surface area (Å²) in [6, 6.07) is 6.11. The van der Waals surface area contributed by atoms with Gasteiger partial charge in [-0.2, -0.15) is 5.26 Å². The average Bonchev–Trinajstić information content (AvgIpc) is 2.16. The maximum absolute atomic E-state index is 10.6. The predicted octanol–water partition coefficient (Wildman–Crippen LogP) is 3.96. The monoisotopic (exact) mass is 290 g/mol. The number of rotatable bonds is 1. The van der Waals surface area contributed by atoms with Gasteiger partial charge in [-0.15, -0.1) is 0 Å². The molecule has 3 nitrogen and oxygen atoms in total. The smallest absolute Gasteiger partial charge is 0.296 e. The van der Waals surface area contributed by atoms with Gasteiger partial charge >= 0.3 is 5.97 Å². The molecule has 0 aliphatic rings. The van der Waals surface area contributed by atoms with Crippen molar-refractivity contribution in [1.82, 2.24) is 0 Å². The number of benzene rings is 1. The van der Waals surface area contributed by atoms with Gasteiger partial charge in [-0.1, -0.05) is 52.5 Å². The Labute approximate surface area is 106 Å². The van der Waals surface area contributed by atoms with Gasteiger partial charge in [-0.3, -0.25) is 4.89 Å². The van der Waals surface area contributed by atoms with Crippen LogP contribution in [-0.4, -0.2) is 15.5 Å². The number of hydrogen-bond acceptors (Lipinski definition) is 3. The first-order valence-corrected chi connectivity index (χ1v) is 5.19. The summed E-state index contributed by atoms with van der Waals surface area (Å²) in [7, 11) is 0. The Morgan fingerprint density at radius 1 is 1.33 bits per heavy atom. The fourth-order valence-electron chi connectivity index (χ4n) is 0.668. The zero-order valence-electron chi connectivity index (χ0n) is 7.16. The Kier molecular flexibility index (Phi) is 7.92. The number of hydrogen-bond donors (Lipinski definition) is 1. The van der Waals surface area contributed by atoms with E-state index < -0.39 is 10.3 Å². The molecule has 1 rings (SSSR count). The molecule has 0 spiro atoms. The van der Waals surface area contributed by atoms with E-state index in [-0.39, 0.29) is 5.56 Å². The Balaban J connectivity index is 0.000000423. The van der Waals surface area contributed by atoms with Gasteiger partial charge in [0, 0.05) is 5.02 Å². The van der Waals surface area contributed by atoms with E-state index in [0.29, 0.717) is 5.02 Å². The highest BCUT2D eigenvalue weighted by Crippen LogP contribution is 2.10. The minimum absolute atomic E-state index is 0.222. The summed E-state index contributed by atoms with van der Waals surface area (Å²) in [6.07, 6.45) is 0. The van der Waals surface area contributed by atoms with Crippen LogP contribution in [0.25, 0.3) is 0 Å². The zero-order valence-corrected chi connectivity index (χ0v) is 10.2. The van der Waals surface area contributed by atoms with Gasteiger partial charge in [0.2, 0.25) is 0 Å². The van der Waals surface area contributed by atoms with E-state index in [1.165, 1.54) is 12.1 Å². The third kappa shape index (κ3) is 7.71. The van der Waals surface area contributed by atoms with Gasteiger partial charge in [0.05, 0.1) is 5.56 Å². The van der Waals surface area contributed by atoms with Gasteiger partial charge in [-0.05, 0) is 18.2 Å². The molecule has 15 heavy (non-hydrogen) atoms. The summed E-state index contributed by atoms with van der Waals surface area (Å²) in [5.41, 5.74) is 0.222. The standard InChI is InChI=1S/C7H5ClO3.CHCl3/c8-6-3-1-2-5(4-6)7(9)11-10;2-1(3)4/h1-4,10H;1H. The summed E-state index contributed by atoms with van der Waals surface area (Å²) in [6.45, 7) is 0. The van der Waals surface area contributed by atoms with Crippen molar-refractivity contribution < 1.29 is 14.9 Å². The molecule has 7 heteroatoms. The average molecular weight is 292 g/mol. The summed E-state index contributed by atoms with van der Waals surface area (Å²) >= 11 is 20.0. The van der Waals surface area contributed by atoms with Crippen molar-refractivity contribution in [2.75, 3.05) is 0 Å². The molecular weight excluding hydrogens is 286 g/mol.